The van der Waals surface area contributed by atoms with Crippen LogP contribution in [-0.2, 0) is 21.0 Å². The zero-order chi connectivity index (χ0) is 16.7. The van der Waals surface area contributed by atoms with Crippen molar-refractivity contribution in [2.24, 2.45) is 0 Å². The van der Waals surface area contributed by atoms with Crippen molar-refractivity contribution in [1.29, 1.82) is 0 Å². The Labute approximate surface area is 137 Å². The molecule has 2 aromatic rings. The lowest BCUT2D eigenvalue weighted by Crippen LogP contribution is -2.17. The Bertz CT molecular complexity index is 807. The van der Waals surface area contributed by atoms with Crippen molar-refractivity contribution >= 4 is 9.84 Å². The summed E-state index contributed by atoms with van der Waals surface area (Å²) >= 11 is 0. The molecule has 0 amide bonds. The second kappa shape index (κ2) is 5.67. The van der Waals surface area contributed by atoms with Crippen LogP contribution < -0.4 is 0 Å². The summed E-state index contributed by atoms with van der Waals surface area (Å²) in [6, 6.07) is 5.18. The van der Waals surface area contributed by atoms with Crippen LogP contribution in [0.15, 0.2) is 35.6 Å². The Balaban J connectivity index is 2.01. The number of hydrogen-bond donors (Lipinski definition) is 0. The lowest BCUT2D eigenvalue weighted by molar-refractivity contribution is 0.560. The first-order valence-corrected chi connectivity index (χ1v) is 9.42. The number of sulfone groups is 1. The average Bonchev–Trinajstić information content (AvgIpc) is 3.31. The molecule has 0 atom stereocenters. The molecule has 1 saturated carbocycles. The molecule has 1 aliphatic carbocycles. The topological polar surface area (TPSA) is 72.8 Å². The molecule has 2 heterocycles. The summed E-state index contributed by atoms with van der Waals surface area (Å²) in [7, 11) is -3.46. The van der Waals surface area contributed by atoms with Gasteiger partial charge in [-0.1, -0.05) is 20.8 Å². The molecular weight excluding hydrogens is 310 g/mol. The van der Waals surface area contributed by atoms with Crippen molar-refractivity contribution in [3.63, 3.8) is 0 Å². The van der Waals surface area contributed by atoms with Crippen LogP contribution in [0.3, 0.4) is 0 Å². The van der Waals surface area contributed by atoms with Gasteiger partial charge in [0.1, 0.15) is 6.33 Å². The molecule has 1 fully saturated rings. The van der Waals surface area contributed by atoms with Gasteiger partial charge in [-0.3, -0.25) is 4.98 Å². The second-order valence-electron chi connectivity index (χ2n) is 7.06. The van der Waals surface area contributed by atoms with Gasteiger partial charge in [0.05, 0.1) is 22.0 Å². The van der Waals surface area contributed by atoms with E-state index in [2.05, 4.69) is 30.7 Å². The molecule has 122 valence electrons. The summed E-state index contributed by atoms with van der Waals surface area (Å²) in [4.78, 5) is 12.9. The number of rotatable bonds is 4. The Morgan fingerprint density at radius 3 is 2.48 bits per heavy atom. The first-order chi connectivity index (χ1) is 10.8. The minimum atomic E-state index is -3.46. The zero-order valence-electron chi connectivity index (χ0n) is 13.7. The smallest absolute Gasteiger partial charge is 0.185 e. The van der Waals surface area contributed by atoms with Gasteiger partial charge in [-0.25, -0.2) is 18.4 Å². The van der Waals surface area contributed by atoms with Crippen LogP contribution in [0.25, 0.3) is 0 Å². The van der Waals surface area contributed by atoms with E-state index in [-0.39, 0.29) is 17.1 Å². The molecule has 0 spiro atoms. The van der Waals surface area contributed by atoms with Crippen molar-refractivity contribution in [3.8, 4) is 0 Å². The second-order valence-corrected chi connectivity index (χ2v) is 9.02. The van der Waals surface area contributed by atoms with Crippen molar-refractivity contribution in [2.75, 3.05) is 0 Å². The number of nitrogens with zero attached hydrogens (tertiary/aromatic N) is 3. The SMILES string of the molecule is CC(C)(C)c1ccc(S(=O)(=O)Cc2ccncn2)c(C2CC2)n1. The van der Waals surface area contributed by atoms with Gasteiger partial charge in [0.15, 0.2) is 9.84 Å². The van der Waals surface area contributed by atoms with Crippen LogP contribution in [0.5, 0.6) is 0 Å². The number of hydrogen-bond acceptors (Lipinski definition) is 5. The maximum Gasteiger partial charge on any atom is 0.185 e. The Hall–Kier alpha value is -1.82. The van der Waals surface area contributed by atoms with Gasteiger partial charge < -0.3 is 0 Å². The zero-order valence-corrected chi connectivity index (χ0v) is 14.5. The molecule has 3 rings (SSSR count). The number of aromatic nitrogens is 3. The van der Waals surface area contributed by atoms with Crippen molar-refractivity contribution < 1.29 is 8.42 Å². The Morgan fingerprint density at radius 1 is 1.17 bits per heavy atom. The van der Waals surface area contributed by atoms with Gasteiger partial charge in [-0.15, -0.1) is 0 Å². The summed E-state index contributed by atoms with van der Waals surface area (Å²) < 4.78 is 25.6. The van der Waals surface area contributed by atoms with Crippen LogP contribution in [-0.4, -0.2) is 23.4 Å². The summed E-state index contributed by atoms with van der Waals surface area (Å²) in [6.07, 6.45) is 4.95. The third-order valence-electron chi connectivity index (χ3n) is 3.93. The molecule has 0 radical (unpaired) electrons. The van der Waals surface area contributed by atoms with Gasteiger partial charge >= 0.3 is 0 Å². The molecule has 2 aromatic heterocycles. The lowest BCUT2D eigenvalue weighted by atomic mass is 9.91. The first kappa shape index (κ1) is 16.1. The molecule has 0 bridgehead atoms. The van der Waals surface area contributed by atoms with E-state index in [0.717, 1.165) is 24.2 Å². The molecular formula is C17H21N3O2S. The quantitative estimate of drug-likeness (QED) is 0.861. The molecule has 0 saturated heterocycles. The normalized spacial score (nSPS) is 15.6. The van der Waals surface area contributed by atoms with Crippen LogP contribution in [0, 0.1) is 0 Å². The first-order valence-electron chi connectivity index (χ1n) is 7.76. The summed E-state index contributed by atoms with van der Waals surface area (Å²) in [5, 5.41) is 0. The van der Waals surface area contributed by atoms with Crippen LogP contribution >= 0.6 is 0 Å². The fourth-order valence-electron chi connectivity index (χ4n) is 2.47. The lowest BCUT2D eigenvalue weighted by Gasteiger charge is -2.20. The van der Waals surface area contributed by atoms with Gasteiger partial charge in [0.2, 0.25) is 0 Å². The number of pyridine rings is 1. The summed E-state index contributed by atoms with van der Waals surface area (Å²) in [5.74, 6) is 0.152. The van der Waals surface area contributed by atoms with E-state index in [1.54, 1.807) is 18.3 Å². The highest BCUT2D eigenvalue weighted by atomic mass is 32.2. The van der Waals surface area contributed by atoms with E-state index in [4.69, 9.17) is 4.98 Å². The highest BCUT2D eigenvalue weighted by Crippen LogP contribution is 2.43. The van der Waals surface area contributed by atoms with E-state index in [0.29, 0.717) is 10.6 Å². The van der Waals surface area contributed by atoms with E-state index < -0.39 is 9.84 Å². The molecule has 23 heavy (non-hydrogen) atoms. The fraction of sp³-hybridized carbons (Fsp3) is 0.471. The Kier molecular flexibility index (Phi) is 3.96. The fourth-order valence-corrected chi connectivity index (χ4v) is 3.99. The maximum atomic E-state index is 12.8. The molecule has 1 aliphatic rings. The predicted octanol–water partition coefficient (Wildman–Crippen LogP) is 3.02. The molecule has 5 nitrogen and oxygen atoms in total. The molecule has 0 aromatic carbocycles. The molecule has 0 unspecified atom stereocenters. The maximum absolute atomic E-state index is 12.8. The standard InChI is InChI=1S/C17H21N3O2S/c1-17(2,3)15-7-6-14(16(20-15)12-4-5-12)23(21,22)10-13-8-9-18-11-19-13/h6-9,11-12H,4-5,10H2,1-3H3. The van der Waals surface area contributed by atoms with Crippen molar-refractivity contribution in [1.82, 2.24) is 15.0 Å². The van der Waals surface area contributed by atoms with Crippen LogP contribution in [0.1, 0.15) is 56.6 Å². The molecule has 0 N–H and O–H groups in total. The third-order valence-corrected chi connectivity index (χ3v) is 5.63. The molecule has 6 heteroatoms. The van der Waals surface area contributed by atoms with E-state index in [1.165, 1.54) is 6.33 Å². The van der Waals surface area contributed by atoms with Crippen LogP contribution in [0.2, 0.25) is 0 Å². The minimum Gasteiger partial charge on any atom is -0.256 e. The highest BCUT2D eigenvalue weighted by Gasteiger charge is 2.33. The van der Waals surface area contributed by atoms with Crippen molar-refractivity contribution in [3.05, 3.63) is 47.8 Å². The Morgan fingerprint density at radius 2 is 1.91 bits per heavy atom. The van der Waals surface area contributed by atoms with E-state index in [1.807, 2.05) is 6.07 Å². The highest BCUT2D eigenvalue weighted by molar-refractivity contribution is 7.90. The van der Waals surface area contributed by atoms with Gasteiger partial charge in [-0.2, -0.15) is 0 Å². The summed E-state index contributed by atoms with van der Waals surface area (Å²) in [6.45, 7) is 6.25. The minimum absolute atomic E-state index is 0.0986. The molecule has 0 aliphatic heterocycles. The van der Waals surface area contributed by atoms with Gasteiger partial charge in [0.25, 0.3) is 0 Å². The third kappa shape index (κ3) is 3.58. The van der Waals surface area contributed by atoms with E-state index in [9.17, 15) is 8.42 Å². The average molecular weight is 331 g/mol. The monoisotopic (exact) mass is 331 g/mol. The largest absolute Gasteiger partial charge is 0.256 e. The van der Waals surface area contributed by atoms with Crippen LogP contribution in [0.4, 0.5) is 0 Å². The van der Waals surface area contributed by atoms with E-state index >= 15 is 0 Å². The van der Waals surface area contributed by atoms with Gasteiger partial charge in [-0.05, 0) is 31.0 Å². The van der Waals surface area contributed by atoms with Gasteiger partial charge in [0, 0.05) is 23.2 Å². The summed E-state index contributed by atoms with van der Waals surface area (Å²) in [5.41, 5.74) is 2.06. The van der Waals surface area contributed by atoms with Crippen molar-refractivity contribution in [2.45, 2.75) is 55.6 Å². The predicted molar refractivity (Wildman–Crippen MR) is 87.8 cm³/mol.